The van der Waals surface area contributed by atoms with Crippen molar-refractivity contribution in [2.75, 3.05) is 12.8 Å². The summed E-state index contributed by atoms with van der Waals surface area (Å²) < 4.78 is 5.28. The largest absolute Gasteiger partial charge is 0.507 e. The Balaban J connectivity index is 2.25. The molecule has 0 atom stereocenters. The number of para-hydroxylation sites is 1. The number of carboxylic acid groups (broad SMARTS) is 2. The van der Waals surface area contributed by atoms with Gasteiger partial charge in [-0.2, -0.15) is 0 Å². The van der Waals surface area contributed by atoms with Crippen molar-refractivity contribution in [3.05, 3.63) is 62.9 Å². The predicted molar refractivity (Wildman–Crippen MR) is 115 cm³/mol. The predicted octanol–water partition coefficient (Wildman–Crippen LogP) is 3.54. The van der Waals surface area contributed by atoms with E-state index < -0.39 is 45.8 Å². The molecule has 160 valence electrons. The minimum atomic E-state index is -1.71. The topological polar surface area (TPSA) is 163 Å². The summed E-state index contributed by atoms with van der Waals surface area (Å²) in [5.41, 5.74) is 1.97. The van der Waals surface area contributed by atoms with Crippen molar-refractivity contribution in [2.24, 2.45) is 0 Å². The average Bonchev–Trinajstić information content (AvgIpc) is 2.66. The third kappa shape index (κ3) is 4.16. The molecule has 0 fully saturated rings. The molecule has 31 heavy (non-hydrogen) atoms. The van der Waals surface area contributed by atoms with Crippen LogP contribution in [0.4, 0.5) is 5.82 Å². The number of methoxy groups -OCH3 is 1. The Morgan fingerprint density at radius 3 is 2.32 bits per heavy atom. The molecule has 1 heterocycles. The highest BCUT2D eigenvalue weighted by atomic mass is 35.5. The van der Waals surface area contributed by atoms with Crippen molar-refractivity contribution >= 4 is 41.1 Å². The number of halogens is 1. The molecule has 3 aromatic rings. The molecule has 11 heteroatoms. The number of nitrogens with one attached hydrogen (secondary N) is 1. The first-order chi connectivity index (χ1) is 14.6. The highest BCUT2D eigenvalue weighted by Gasteiger charge is 2.29. The fraction of sp³-hybridized carbons (Fsp3) is 0.0500. The lowest BCUT2D eigenvalue weighted by Crippen LogP contribution is -2.24. The highest BCUT2D eigenvalue weighted by molar-refractivity contribution is 7.99. The van der Waals surface area contributed by atoms with Crippen molar-refractivity contribution in [1.29, 1.82) is 0 Å². The first-order valence-corrected chi connectivity index (χ1v) is 9.71. The van der Waals surface area contributed by atoms with Crippen molar-refractivity contribution in [3.8, 4) is 22.6 Å². The normalized spacial score (nSPS) is 10.6. The molecule has 6 N–H and O–H groups in total. The Morgan fingerprint density at radius 2 is 1.74 bits per heavy atom. The highest BCUT2D eigenvalue weighted by Crippen LogP contribution is 2.44. The van der Waals surface area contributed by atoms with Gasteiger partial charge in [0.05, 0.1) is 17.0 Å². The van der Waals surface area contributed by atoms with E-state index in [9.17, 15) is 29.7 Å². The summed E-state index contributed by atoms with van der Waals surface area (Å²) >= 11 is 7.53. The Hall–Kier alpha value is -3.63. The van der Waals surface area contributed by atoms with Gasteiger partial charge >= 0.3 is 11.9 Å². The van der Waals surface area contributed by atoms with Gasteiger partial charge in [0.2, 0.25) is 0 Å². The Morgan fingerprint density at radius 1 is 1.10 bits per heavy atom. The third-order valence-corrected chi connectivity index (χ3v) is 5.59. The average molecular weight is 463 g/mol. The fourth-order valence-corrected chi connectivity index (χ4v) is 4.37. The van der Waals surface area contributed by atoms with Crippen LogP contribution in [0.3, 0.4) is 0 Å². The van der Waals surface area contributed by atoms with Crippen LogP contribution < -0.4 is 16.0 Å². The molecule has 0 amide bonds. The van der Waals surface area contributed by atoms with E-state index in [2.05, 4.69) is 0 Å². The quantitative estimate of drug-likeness (QED) is 0.368. The monoisotopic (exact) mass is 462 g/mol. The van der Waals surface area contributed by atoms with E-state index in [0.29, 0.717) is 15.5 Å². The van der Waals surface area contributed by atoms with Gasteiger partial charge in [-0.15, -0.1) is 0 Å². The van der Waals surface area contributed by atoms with Crippen molar-refractivity contribution in [2.45, 2.75) is 9.79 Å². The summed E-state index contributed by atoms with van der Waals surface area (Å²) in [4.78, 5) is 38.8. The van der Waals surface area contributed by atoms with Crippen LogP contribution in [0.25, 0.3) is 11.1 Å². The number of aromatic amines is 1. The lowest BCUT2D eigenvalue weighted by atomic mass is 9.94. The lowest BCUT2D eigenvalue weighted by molar-refractivity contribution is 0.0695. The van der Waals surface area contributed by atoms with Gasteiger partial charge in [0.15, 0.2) is 0 Å². The molecule has 0 unspecified atom stereocenters. The second-order valence-corrected chi connectivity index (χ2v) is 7.68. The second kappa shape index (κ2) is 8.62. The van der Waals surface area contributed by atoms with Crippen LogP contribution in [0.2, 0.25) is 5.02 Å². The molecule has 0 aliphatic heterocycles. The van der Waals surface area contributed by atoms with Gasteiger partial charge in [-0.25, -0.2) is 9.59 Å². The third-order valence-electron chi connectivity index (χ3n) is 4.26. The van der Waals surface area contributed by atoms with Crippen LogP contribution in [0.5, 0.6) is 11.5 Å². The van der Waals surface area contributed by atoms with E-state index in [1.807, 2.05) is 4.98 Å². The maximum Gasteiger partial charge on any atom is 0.342 e. The molecular formula is C20H15ClN2O7S. The molecule has 0 spiro atoms. The van der Waals surface area contributed by atoms with Gasteiger partial charge in [0.1, 0.15) is 28.4 Å². The number of hydrogen-bond acceptors (Lipinski definition) is 7. The zero-order valence-corrected chi connectivity index (χ0v) is 17.4. The van der Waals surface area contributed by atoms with Crippen LogP contribution in [0, 0.1) is 0 Å². The van der Waals surface area contributed by atoms with Crippen molar-refractivity contribution < 1.29 is 29.6 Å². The molecule has 0 aliphatic carbocycles. The number of phenolic OH excluding ortho intramolecular Hbond substituents is 1. The fourth-order valence-electron chi connectivity index (χ4n) is 3.00. The number of pyridine rings is 1. The van der Waals surface area contributed by atoms with E-state index in [4.69, 9.17) is 22.1 Å². The summed E-state index contributed by atoms with van der Waals surface area (Å²) in [5, 5.41) is 29.5. The molecule has 0 aliphatic rings. The lowest BCUT2D eigenvalue weighted by Gasteiger charge is -2.16. The number of hydrogen-bond donors (Lipinski definition) is 5. The number of anilines is 1. The van der Waals surface area contributed by atoms with E-state index in [-0.39, 0.29) is 10.6 Å². The number of nitrogens with two attached hydrogens (primary N) is 1. The molecule has 1 aromatic heterocycles. The van der Waals surface area contributed by atoms with Gasteiger partial charge in [-0.05, 0) is 24.3 Å². The summed E-state index contributed by atoms with van der Waals surface area (Å²) in [6, 6.07) is 9.78. The number of rotatable bonds is 6. The number of H-pyrrole nitrogens is 1. The number of nitrogen functional groups attached to an aromatic ring is 1. The van der Waals surface area contributed by atoms with Crippen LogP contribution >= 0.6 is 23.4 Å². The first kappa shape index (κ1) is 22.1. The van der Waals surface area contributed by atoms with E-state index >= 15 is 0 Å². The number of aromatic hydroxyl groups is 1. The number of phenols is 1. The minimum absolute atomic E-state index is 0.174. The zero-order chi connectivity index (χ0) is 22.9. The molecule has 0 bridgehead atoms. The zero-order valence-electron chi connectivity index (χ0n) is 15.8. The summed E-state index contributed by atoms with van der Waals surface area (Å²) in [7, 11) is 1.51. The first-order valence-electron chi connectivity index (χ1n) is 8.51. The SMILES string of the molecule is COc1ccccc1Sc1cc(O)c(-c2c(C(=O)O)c(N)[nH]c(=O)c2C(=O)O)c(Cl)c1. The number of aromatic carboxylic acids is 2. The Labute approximate surface area is 184 Å². The van der Waals surface area contributed by atoms with Crippen LogP contribution in [0.15, 0.2) is 51.0 Å². The molecule has 2 aromatic carbocycles. The van der Waals surface area contributed by atoms with Gasteiger partial charge < -0.3 is 30.8 Å². The number of aromatic nitrogens is 1. The van der Waals surface area contributed by atoms with Crippen molar-refractivity contribution in [1.82, 2.24) is 4.98 Å². The van der Waals surface area contributed by atoms with E-state index in [1.165, 1.54) is 31.0 Å². The summed E-state index contributed by atoms with van der Waals surface area (Å²) in [6.07, 6.45) is 0. The molecule has 0 saturated carbocycles. The number of ether oxygens (including phenoxy) is 1. The number of carboxylic acids is 2. The summed E-state index contributed by atoms with van der Waals surface area (Å²) in [6.45, 7) is 0. The second-order valence-electron chi connectivity index (χ2n) is 6.16. The van der Waals surface area contributed by atoms with Gasteiger partial charge in [-0.1, -0.05) is 35.5 Å². The number of benzene rings is 2. The molecule has 3 rings (SSSR count). The smallest absolute Gasteiger partial charge is 0.342 e. The Kier molecular flexibility index (Phi) is 6.14. The molecule has 0 saturated heterocycles. The van der Waals surface area contributed by atoms with E-state index in [1.54, 1.807) is 24.3 Å². The molecule has 9 nitrogen and oxygen atoms in total. The Bertz CT molecular complexity index is 1250. The molecule has 0 radical (unpaired) electrons. The maximum atomic E-state index is 12.2. The van der Waals surface area contributed by atoms with Crippen LogP contribution in [0.1, 0.15) is 20.7 Å². The van der Waals surface area contributed by atoms with Gasteiger partial charge in [0, 0.05) is 16.0 Å². The maximum absolute atomic E-state index is 12.2. The summed E-state index contributed by atoms with van der Waals surface area (Å²) in [5.74, 6) is -3.83. The standard InChI is InChI=1S/C20H15ClN2O7S/c1-30-11-4-2-3-5-12(11)31-8-6-9(21)13(10(24)7-8)14-15(19(26)27)17(22)23-18(25)16(14)20(28)29/h2-7,24H,1H3,(H,26,27)(H,28,29)(H3,22,23,25). The van der Waals surface area contributed by atoms with Crippen LogP contribution in [-0.4, -0.2) is 39.4 Å². The van der Waals surface area contributed by atoms with Crippen LogP contribution in [-0.2, 0) is 0 Å². The van der Waals surface area contributed by atoms with Crippen molar-refractivity contribution in [3.63, 3.8) is 0 Å². The number of carbonyl (C=O) groups is 2. The van der Waals surface area contributed by atoms with E-state index in [0.717, 1.165) is 0 Å². The van der Waals surface area contributed by atoms with Gasteiger partial charge in [0.25, 0.3) is 5.56 Å². The van der Waals surface area contributed by atoms with Gasteiger partial charge in [-0.3, -0.25) is 4.79 Å². The minimum Gasteiger partial charge on any atom is -0.507 e. The molecular weight excluding hydrogens is 448 g/mol.